The first-order valence-corrected chi connectivity index (χ1v) is 5.71. The highest BCUT2D eigenvalue weighted by Crippen LogP contribution is 2.28. The first-order chi connectivity index (χ1) is 7.24. The van der Waals surface area contributed by atoms with Gasteiger partial charge < -0.3 is 16.0 Å². The summed E-state index contributed by atoms with van der Waals surface area (Å²) in [6.07, 6.45) is 3.26. The Labute approximate surface area is 97.9 Å². The van der Waals surface area contributed by atoms with Gasteiger partial charge in [-0.15, -0.1) is 0 Å². The van der Waals surface area contributed by atoms with Gasteiger partial charge in [-0.05, 0) is 46.7 Å². The molecule has 0 aromatic rings. The predicted molar refractivity (Wildman–Crippen MR) is 66.2 cm³/mol. The second kappa shape index (κ2) is 4.45. The third kappa shape index (κ3) is 3.85. The van der Waals surface area contributed by atoms with Gasteiger partial charge in [-0.1, -0.05) is 6.58 Å². The summed E-state index contributed by atoms with van der Waals surface area (Å²) >= 11 is 0. The summed E-state index contributed by atoms with van der Waals surface area (Å²) in [7, 11) is 0. The Balaban J connectivity index is 2.60. The van der Waals surface area contributed by atoms with E-state index in [0.29, 0.717) is 0 Å². The lowest BCUT2D eigenvalue weighted by atomic mass is 9.80. The molecular formula is C12H23N3O. The number of urea groups is 1. The van der Waals surface area contributed by atoms with E-state index in [2.05, 4.69) is 50.2 Å². The van der Waals surface area contributed by atoms with E-state index in [9.17, 15) is 4.79 Å². The molecule has 1 rings (SSSR count). The molecule has 92 valence electrons. The van der Waals surface area contributed by atoms with Crippen molar-refractivity contribution in [2.24, 2.45) is 0 Å². The van der Waals surface area contributed by atoms with Crippen LogP contribution in [-0.4, -0.2) is 23.2 Å². The normalized spacial score (nSPS) is 23.5. The summed E-state index contributed by atoms with van der Waals surface area (Å²) < 4.78 is 0. The summed E-state index contributed by atoms with van der Waals surface area (Å²) in [5.74, 6) is 0. The molecule has 16 heavy (non-hydrogen) atoms. The highest BCUT2D eigenvalue weighted by molar-refractivity contribution is 5.75. The Kier molecular flexibility index (Phi) is 3.63. The van der Waals surface area contributed by atoms with E-state index >= 15 is 0 Å². The molecule has 0 saturated carbocycles. The van der Waals surface area contributed by atoms with E-state index in [4.69, 9.17) is 0 Å². The van der Waals surface area contributed by atoms with Gasteiger partial charge in [0.1, 0.15) is 0 Å². The Morgan fingerprint density at radius 1 is 1.31 bits per heavy atom. The van der Waals surface area contributed by atoms with Crippen LogP contribution in [0.3, 0.4) is 0 Å². The van der Waals surface area contributed by atoms with E-state index in [1.165, 1.54) is 6.20 Å². The number of carbonyl (C=O) groups is 1. The van der Waals surface area contributed by atoms with Crippen molar-refractivity contribution in [1.82, 2.24) is 16.0 Å². The van der Waals surface area contributed by atoms with E-state index in [1.54, 1.807) is 0 Å². The number of carbonyl (C=O) groups excluding carboxylic acids is 1. The topological polar surface area (TPSA) is 53.2 Å². The Morgan fingerprint density at radius 2 is 1.81 bits per heavy atom. The fraction of sp³-hybridized carbons (Fsp3) is 0.750. The molecule has 0 bridgehead atoms. The zero-order chi connectivity index (χ0) is 12.4. The van der Waals surface area contributed by atoms with E-state index in [0.717, 1.165) is 12.8 Å². The molecule has 0 atom stereocenters. The lowest BCUT2D eigenvalue weighted by molar-refractivity contribution is 0.148. The second-order valence-electron chi connectivity index (χ2n) is 5.82. The molecule has 1 aliphatic heterocycles. The zero-order valence-electron chi connectivity index (χ0n) is 10.7. The predicted octanol–water partition coefficient (Wildman–Crippen LogP) is 1.74. The number of hydrogen-bond acceptors (Lipinski definition) is 2. The van der Waals surface area contributed by atoms with Crippen LogP contribution in [0.4, 0.5) is 4.79 Å². The van der Waals surface area contributed by atoms with Crippen molar-refractivity contribution in [2.75, 3.05) is 0 Å². The van der Waals surface area contributed by atoms with Crippen molar-refractivity contribution in [3.05, 3.63) is 12.8 Å². The minimum atomic E-state index is -0.173. The summed E-state index contributed by atoms with van der Waals surface area (Å²) in [5, 5.41) is 9.09. The minimum Gasteiger partial charge on any atom is -0.335 e. The number of hydrogen-bond donors (Lipinski definition) is 3. The smallest absolute Gasteiger partial charge is 0.318 e. The van der Waals surface area contributed by atoms with Crippen LogP contribution in [0.2, 0.25) is 0 Å². The van der Waals surface area contributed by atoms with Gasteiger partial charge >= 0.3 is 6.03 Å². The van der Waals surface area contributed by atoms with E-state index in [1.807, 2.05) is 0 Å². The molecule has 0 radical (unpaired) electrons. The van der Waals surface area contributed by atoms with Gasteiger partial charge in [0, 0.05) is 17.1 Å². The number of rotatable bonds is 2. The maximum atomic E-state index is 11.4. The Morgan fingerprint density at radius 3 is 2.25 bits per heavy atom. The molecule has 1 fully saturated rings. The highest BCUT2D eigenvalue weighted by atomic mass is 16.2. The number of nitrogens with one attached hydrogen (secondary N) is 3. The second-order valence-corrected chi connectivity index (χ2v) is 5.82. The molecule has 4 nitrogen and oxygen atoms in total. The SMILES string of the molecule is C=CNC(=O)NC1CC(C)(C)NC(C)(C)C1. The van der Waals surface area contributed by atoms with Crippen molar-refractivity contribution in [1.29, 1.82) is 0 Å². The molecule has 2 amide bonds. The lowest BCUT2D eigenvalue weighted by Gasteiger charge is -2.46. The first kappa shape index (κ1) is 13.0. The maximum absolute atomic E-state index is 11.4. The van der Waals surface area contributed by atoms with Crippen LogP contribution in [0.1, 0.15) is 40.5 Å². The molecular weight excluding hydrogens is 202 g/mol. The molecule has 1 aliphatic rings. The molecule has 0 spiro atoms. The van der Waals surface area contributed by atoms with Gasteiger partial charge in [0.2, 0.25) is 0 Å². The van der Waals surface area contributed by atoms with Crippen LogP contribution < -0.4 is 16.0 Å². The monoisotopic (exact) mass is 225 g/mol. The average Bonchev–Trinajstić information content (AvgIpc) is 1.96. The first-order valence-electron chi connectivity index (χ1n) is 5.71. The molecule has 0 unspecified atom stereocenters. The summed E-state index contributed by atoms with van der Waals surface area (Å²) in [5.41, 5.74) is 0.0990. The van der Waals surface area contributed by atoms with Gasteiger partial charge in [0.15, 0.2) is 0 Å². The Hall–Kier alpha value is -1.03. The molecule has 3 N–H and O–H groups in total. The standard InChI is InChI=1S/C12H23N3O/c1-6-13-10(16)14-9-7-11(2,3)15-12(4,5)8-9/h6,9,15H,1,7-8H2,2-5H3,(H2,13,14,16). The van der Waals surface area contributed by atoms with Gasteiger partial charge in [0.05, 0.1) is 0 Å². The largest absolute Gasteiger partial charge is 0.335 e. The lowest BCUT2D eigenvalue weighted by Crippen LogP contribution is -2.62. The van der Waals surface area contributed by atoms with Crippen LogP contribution in [0, 0.1) is 0 Å². The average molecular weight is 225 g/mol. The van der Waals surface area contributed by atoms with Crippen LogP contribution in [0.15, 0.2) is 12.8 Å². The molecule has 0 aromatic heterocycles. The van der Waals surface area contributed by atoms with Crippen molar-refractivity contribution in [3.8, 4) is 0 Å². The van der Waals surface area contributed by atoms with Crippen molar-refractivity contribution < 1.29 is 4.79 Å². The van der Waals surface area contributed by atoms with Crippen molar-refractivity contribution in [3.63, 3.8) is 0 Å². The molecule has 0 aromatic carbocycles. The maximum Gasteiger partial charge on any atom is 0.318 e. The summed E-state index contributed by atoms with van der Waals surface area (Å²) in [6.45, 7) is 12.1. The fourth-order valence-corrected chi connectivity index (χ4v) is 2.74. The van der Waals surface area contributed by atoms with Gasteiger partial charge in [0.25, 0.3) is 0 Å². The van der Waals surface area contributed by atoms with Crippen LogP contribution in [-0.2, 0) is 0 Å². The van der Waals surface area contributed by atoms with Gasteiger partial charge in [-0.25, -0.2) is 4.79 Å². The Bertz CT molecular complexity index is 268. The summed E-state index contributed by atoms with van der Waals surface area (Å²) in [4.78, 5) is 11.4. The van der Waals surface area contributed by atoms with Crippen molar-refractivity contribution >= 4 is 6.03 Å². The van der Waals surface area contributed by atoms with Crippen LogP contribution >= 0.6 is 0 Å². The van der Waals surface area contributed by atoms with E-state index < -0.39 is 0 Å². The molecule has 1 saturated heterocycles. The van der Waals surface area contributed by atoms with Crippen LogP contribution in [0.25, 0.3) is 0 Å². The molecule has 4 heteroatoms. The van der Waals surface area contributed by atoms with Gasteiger partial charge in [-0.3, -0.25) is 0 Å². The molecule has 1 heterocycles. The molecule has 0 aliphatic carbocycles. The summed E-state index contributed by atoms with van der Waals surface area (Å²) in [6, 6.07) is 0.0275. The van der Waals surface area contributed by atoms with Crippen molar-refractivity contribution in [2.45, 2.75) is 57.7 Å². The minimum absolute atomic E-state index is 0.0495. The quantitative estimate of drug-likeness (QED) is 0.670. The number of piperidine rings is 1. The number of amides is 2. The zero-order valence-corrected chi connectivity index (χ0v) is 10.7. The van der Waals surface area contributed by atoms with Crippen LogP contribution in [0.5, 0.6) is 0 Å². The van der Waals surface area contributed by atoms with E-state index in [-0.39, 0.29) is 23.2 Å². The third-order valence-electron chi connectivity index (χ3n) is 2.76. The van der Waals surface area contributed by atoms with Gasteiger partial charge in [-0.2, -0.15) is 0 Å². The third-order valence-corrected chi connectivity index (χ3v) is 2.76. The highest BCUT2D eigenvalue weighted by Gasteiger charge is 2.37. The fourth-order valence-electron chi connectivity index (χ4n) is 2.74.